The predicted molar refractivity (Wildman–Crippen MR) is 141 cm³/mol. The fourth-order valence-corrected chi connectivity index (χ4v) is 8.40. The molecule has 2 aliphatic heterocycles. The molecule has 0 spiro atoms. The fourth-order valence-electron chi connectivity index (χ4n) is 6.25. The number of alkyl halides is 2. The van der Waals surface area contributed by atoms with Crippen LogP contribution in [0.4, 0.5) is 19.3 Å². The molecule has 4 heterocycles. The second kappa shape index (κ2) is 9.29. The van der Waals surface area contributed by atoms with Crippen LogP contribution in [0.5, 0.6) is 0 Å². The highest BCUT2D eigenvalue weighted by Crippen LogP contribution is 2.57. The van der Waals surface area contributed by atoms with Crippen LogP contribution in [-0.2, 0) is 10.0 Å². The van der Waals surface area contributed by atoms with Gasteiger partial charge in [0.2, 0.25) is 15.2 Å². The van der Waals surface area contributed by atoms with E-state index in [0.29, 0.717) is 79.5 Å². The third-order valence-corrected chi connectivity index (χ3v) is 10.9. The Morgan fingerprint density at radius 1 is 1.10 bits per heavy atom. The van der Waals surface area contributed by atoms with Gasteiger partial charge in [-0.05, 0) is 43.7 Å². The van der Waals surface area contributed by atoms with Crippen LogP contribution in [0.1, 0.15) is 37.1 Å². The number of hydrogen-bond donors (Lipinski definition) is 2. The van der Waals surface area contributed by atoms with E-state index in [-0.39, 0.29) is 21.6 Å². The molecular weight excluding hydrogens is 566 g/mol. The van der Waals surface area contributed by atoms with Gasteiger partial charge in [-0.3, -0.25) is 0 Å². The Hall–Kier alpha value is -2.95. The number of aliphatic hydroxyl groups excluding tert-OH is 1. The monoisotopic (exact) mass is 594 g/mol. The summed E-state index contributed by atoms with van der Waals surface area (Å²) in [7, 11) is -3.88. The van der Waals surface area contributed by atoms with Gasteiger partial charge in [-0.15, -0.1) is 10.2 Å². The van der Waals surface area contributed by atoms with Gasteiger partial charge in [0.1, 0.15) is 0 Å². The molecule has 1 aromatic carbocycles. The average Bonchev–Trinajstić information content (AvgIpc) is 3.64. The molecule has 12 nitrogen and oxygen atoms in total. The summed E-state index contributed by atoms with van der Waals surface area (Å²) >= 11 is 0.696. The van der Waals surface area contributed by atoms with Gasteiger partial charge in [0.15, 0.2) is 5.01 Å². The zero-order valence-corrected chi connectivity index (χ0v) is 23.0. The fraction of sp³-hybridized carbons (Fsp3) is 0.583. The number of hydrogen-bond acceptors (Lipinski definition) is 9. The minimum atomic E-state index is -3.88. The number of amides is 2. The highest BCUT2D eigenvalue weighted by Gasteiger charge is 2.58. The van der Waals surface area contributed by atoms with E-state index in [1.807, 2.05) is 4.90 Å². The van der Waals surface area contributed by atoms with Gasteiger partial charge < -0.3 is 19.8 Å². The number of carbonyl (C=O) groups is 1. The number of anilines is 1. The molecule has 3 aromatic rings. The molecule has 0 unspecified atom stereocenters. The molecule has 5 fully saturated rings. The number of rotatable bonds is 6. The molecule has 2 amide bonds. The minimum Gasteiger partial charge on any atom is -0.391 e. The Morgan fingerprint density at radius 3 is 2.45 bits per heavy atom. The summed E-state index contributed by atoms with van der Waals surface area (Å²) in [5, 5.41) is 21.9. The smallest absolute Gasteiger partial charge is 0.320 e. The van der Waals surface area contributed by atoms with E-state index in [4.69, 9.17) is 0 Å². The lowest BCUT2D eigenvalue weighted by Crippen LogP contribution is -2.67. The molecule has 5 aliphatic rings. The lowest BCUT2D eigenvalue weighted by Gasteiger charge is -2.61. The van der Waals surface area contributed by atoms with Crippen LogP contribution < -0.4 is 9.62 Å². The number of β-amino-alcohol motifs (C(OH)–C–C–N with tert-alkyl or cyclic N) is 1. The first kappa shape index (κ1) is 26.0. The number of aromatic nitrogens is 4. The lowest BCUT2D eigenvalue weighted by molar-refractivity contribution is -0.0317. The van der Waals surface area contributed by atoms with Crippen LogP contribution in [0.25, 0.3) is 16.0 Å². The van der Waals surface area contributed by atoms with Gasteiger partial charge in [-0.1, -0.05) is 11.3 Å². The molecule has 16 heteroatoms. The van der Waals surface area contributed by atoms with Crippen LogP contribution in [0.15, 0.2) is 23.2 Å². The van der Waals surface area contributed by atoms with Gasteiger partial charge in [-0.25, -0.2) is 31.4 Å². The molecule has 40 heavy (non-hydrogen) atoms. The van der Waals surface area contributed by atoms with E-state index in [9.17, 15) is 27.1 Å². The van der Waals surface area contributed by atoms with Crippen LogP contribution in [0.3, 0.4) is 0 Å². The van der Waals surface area contributed by atoms with E-state index >= 15 is 0 Å². The summed E-state index contributed by atoms with van der Waals surface area (Å²) < 4.78 is 57.8. The quantitative estimate of drug-likeness (QED) is 0.442. The maximum Gasteiger partial charge on any atom is 0.320 e. The first-order chi connectivity index (χ1) is 19.1. The van der Waals surface area contributed by atoms with E-state index in [1.165, 1.54) is 10.7 Å². The van der Waals surface area contributed by atoms with Crippen molar-refractivity contribution < 1.29 is 27.1 Å². The lowest BCUT2D eigenvalue weighted by atomic mass is 9.50. The maximum atomic E-state index is 13.6. The number of urea groups is 1. The molecule has 214 valence electrons. The van der Waals surface area contributed by atoms with Gasteiger partial charge in [0.25, 0.3) is 6.43 Å². The number of carbonyl (C=O) groups excluding carboxylic acids is 1. The number of piperazine rings is 1. The molecular formula is C24H28F2N8O4S2. The SMILES string of the molecule is O=C(N1CCN(c2cc(S(=O)(=O)NC34CC(C3)C4)cc3c2cnn3-c2nnc(C(F)F)s2)CC1)N1CC[C@H](O)C1. The summed E-state index contributed by atoms with van der Waals surface area (Å²) in [6, 6.07) is 3.02. The predicted octanol–water partition coefficient (Wildman–Crippen LogP) is 1.95. The summed E-state index contributed by atoms with van der Waals surface area (Å²) in [6.07, 6.45) is 1.38. The minimum absolute atomic E-state index is 0.0598. The van der Waals surface area contributed by atoms with Gasteiger partial charge in [0, 0.05) is 55.9 Å². The number of nitrogens with zero attached hydrogens (tertiary/aromatic N) is 7. The third-order valence-electron chi connectivity index (χ3n) is 8.46. The van der Waals surface area contributed by atoms with Gasteiger partial charge >= 0.3 is 6.03 Å². The molecule has 2 aromatic heterocycles. The molecule has 3 saturated carbocycles. The molecule has 2 N–H and O–H groups in total. The van der Waals surface area contributed by atoms with Gasteiger partial charge in [-0.2, -0.15) is 5.10 Å². The molecule has 3 aliphatic carbocycles. The second-order valence-corrected chi connectivity index (χ2v) is 13.8. The number of benzene rings is 1. The number of aliphatic hydroxyl groups is 1. The van der Waals surface area contributed by atoms with Crippen LogP contribution in [-0.4, -0.2) is 100 Å². The zero-order valence-electron chi connectivity index (χ0n) is 21.4. The van der Waals surface area contributed by atoms with E-state index in [2.05, 4.69) is 20.0 Å². The normalized spacial score (nSPS) is 26.4. The Kier molecular flexibility index (Phi) is 6.03. The van der Waals surface area contributed by atoms with Crippen LogP contribution in [0.2, 0.25) is 0 Å². The van der Waals surface area contributed by atoms with Crippen molar-refractivity contribution in [2.24, 2.45) is 5.92 Å². The molecule has 0 radical (unpaired) electrons. The van der Waals surface area contributed by atoms with Crippen molar-refractivity contribution in [3.8, 4) is 5.13 Å². The Bertz CT molecular complexity index is 1570. The number of sulfonamides is 1. The number of likely N-dealkylation sites (tertiary alicyclic amines) is 1. The number of fused-ring (bicyclic) bond motifs is 1. The van der Waals surface area contributed by atoms with Crippen molar-refractivity contribution in [1.82, 2.24) is 34.5 Å². The molecule has 2 saturated heterocycles. The Labute approximate surface area is 232 Å². The van der Waals surface area contributed by atoms with Crippen molar-refractivity contribution in [1.29, 1.82) is 0 Å². The largest absolute Gasteiger partial charge is 0.391 e. The van der Waals surface area contributed by atoms with Crippen molar-refractivity contribution in [2.75, 3.05) is 44.2 Å². The average molecular weight is 595 g/mol. The first-order valence-electron chi connectivity index (χ1n) is 13.3. The maximum absolute atomic E-state index is 13.6. The van der Waals surface area contributed by atoms with E-state index in [0.717, 1.165) is 19.3 Å². The van der Waals surface area contributed by atoms with Crippen LogP contribution in [0, 0.1) is 5.92 Å². The molecule has 1 atom stereocenters. The molecule has 8 rings (SSSR count). The Balaban J connectivity index is 1.22. The van der Waals surface area contributed by atoms with Crippen molar-refractivity contribution in [3.05, 3.63) is 23.3 Å². The summed E-state index contributed by atoms with van der Waals surface area (Å²) in [4.78, 5) is 18.4. The number of halogens is 2. The highest BCUT2D eigenvalue weighted by molar-refractivity contribution is 7.89. The number of nitrogens with one attached hydrogen (secondary N) is 1. The highest BCUT2D eigenvalue weighted by atomic mass is 32.2. The summed E-state index contributed by atoms with van der Waals surface area (Å²) in [6.45, 7) is 2.61. The topological polar surface area (TPSA) is 137 Å². The van der Waals surface area contributed by atoms with Crippen molar-refractivity contribution in [3.63, 3.8) is 0 Å². The molecule has 2 bridgehead atoms. The summed E-state index contributed by atoms with van der Waals surface area (Å²) in [5.74, 6) is 0.589. The Morgan fingerprint density at radius 2 is 1.85 bits per heavy atom. The third kappa shape index (κ3) is 4.31. The van der Waals surface area contributed by atoms with E-state index < -0.39 is 27.6 Å². The summed E-state index contributed by atoms with van der Waals surface area (Å²) in [5.41, 5.74) is 0.667. The second-order valence-electron chi connectivity index (χ2n) is 11.2. The van der Waals surface area contributed by atoms with Crippen molar-refractivity contribution >= 4 is 44.0 Å². The standard InChI is InChI=1S/C24H28F2N8O4S2/c25-20(26)21-28-29-22(39-21)34-19-8-16(40(37,38)30-24-9-14(10-24)11-24)7-18(17(19)12-27-34)31-3-5-32(6-4-31)23(36)33-2-1-15(35)13-33/h7-8,12,14-15,20,30,35H,1-6,9-11,13H2/t14?,15-,24?/m0/s1. The van der Waals surface area contributed by atoms with Gasteiger partial charge in [0.05, 0.1) is 22.7 Å². The van der Waals surface area contributed by atoms with E-state index in [1.54, 1.807) is 22.1 Å². The zero-order chi connectivity index (χ0) is 27.8. The van der Waals surface area contributed by atoms with Crippen molar-refractivity contribution in [2.45, 2.75) is 48.6 Å². The first-order valence-corrected chi connectivity index (χ1v) is 15.6. The van der Waals surface area contributed by atoms with Crippen LogP contribution >= 0.6 is 11.3 Å².